The van der Waals surface area contributed by atoms with Crippen molar-refractivity contribution in [2.45, 2.75) is 58.8 Å². The van der Waals surface area contributed by atoms with E-state index in [1.54, 1.807) is 0 Å². The van der Waals surface area contributed by atoms with Crippen LogP contribution in [0.1, 0.15) is 58.8 Å². The molecule has 0 aromatic carbocycles. The van der Waals surface area contributed by atoms with E-state index in [0.29, 0.717) is 16.7 Å². The maximum absolute atomic E-state index is 6.27. The van der Waals surface area contributed by atoms with Gasteiger partial charge in [0.15, 0.2) is 0 Å². The number of hydrogen-bond donors (Lipinski definition) is 1. The van der Waals surface area contributed by atoms with Crippen molar-refractivity contribution in [3.05, 3.63) is 24.3 Å². The van der Waals surface area contributed by atoms with Gasteiger partial charge in [-0.2, -0.15) is 0 Å². The molecule has 1 nitrogen and oxygen atoms in total. The summed E-state index contributed by atoms with van der Waals surface area (Å²) in [6, 6.07) is 0. The molecule has 3 rings (SSSR count). The molecule has 3 aliphatic carbocycles. The second-order valence-corrected chi connectivity index (χ2v) is 8.08. The minimum Gasteiger partial charge on any atom is -0.330 e. The van der Waals surface area contributed by atoms with Crippen molar-refractivity contribution in [1.82, 2.24) is 0 Å². The molecular weight excluding hydrogens is 242 g/mol. The zero-order valence-electron chi connectivity index (χ0n) is 13.3. The zero-order chi connectivity index (χ0) is 14.4. The van der Waals surface area contributed by atoms with Gasteiger partial charge in [0.1, 0.15) is 0 Å². The predicted molar refractivity (Wildman–Crippen MR) is 86.3 cm³/mol. The van der Waals surface area contributed by atoms with E-state index in [2.05, 4.69) is 32.6 Å². The Morgan fingerprint density at radius 3 is 2.65 bits per heavy atom. The first-order chi connectivity index (χ1) is 9.51. The fraction of sp³-hybridized carbons (Fsp3) is 0.789. The first-order valence-corrected chi connectivity index (χ1v) is 8.54. The monoisotopic (exact) mass is 273 g/mol. The van der Waals surface area contributed by atoms with Gasteiger partial charge < -0.3 is 5.73 Å². The maximum Gasteiger partial charge on any atom is -0.00430 e. The van der Waals surface area contributed by atoms with Crippen molar-refractivity contribution < 1.29 is 0 Å². The van der Waals surface area contributed by atoms with Crippen molar-refractivity contribution in [3.8, 4) is 0 Å². The zero-order valence-corrected chi connectivity index (χ0v) is 13.3. The molecule has 0 amide bonds. The Labute approximate surface area is 124 Å². The average molecular weight is 273 g/mol. The van der Waals surface area contributed by atoms with Gasteiger partial charge in [-0.3, -0.25) is 0 Å². The van der Waals surface area contributed by atoms with Crippen molar-refractivity contribution in [1.29, 1.82) is 0 Å². The van der Waals surface area contributed by atoms with Crippen molar-refractivity contribution in [2.24, 2.45) is 34.3 Å². The summed E-state index contributed by atoms with van der Waals surface area (Å²) in [5.74, 6) is 2.33. The van der Waals surface area contributed by atoms with Gasteiger partial charge in [-0.1, -0.05) is 38.2 Å². The molecule has 0 saturated heterocycles. The molecule has 20 heavy (non-hydrogen) atoms. The van der Waals surface area contributed by atoms with Crippen LogP contribution in [-0.2, 0) is 0 Å². The molecular formula is C19H31N. The van der Waals surface area contributed by atoms with Crippen LogP contribution in [0.4, 0.5) is 0 Å². The molecule has 2 fully saturated rings. The minimum absolute atomic E-state index is 0.390. The number of fused-ring (bicyclic) bond motifs is 1. The number of allylic oxidation sites excluding steroid dienone is 3. The van der Waals surface area contributed by atoms with Gasteiger partial charge in [-0.15, -0.1) is 0 Å². The lowest BCUT2D eigenvalue weighted by Crippen LogP contribution is -2.48. The Morgan fingerprint density at radius 1 is 1.20 bits per heavy atom. The standard InChI is InChI=1S/C19H31N/c1-14-7-8-17-15(13-20)16(9-12-19(14,17)3)18(2)10-5-4-6-11-18/h4-5,15-17H,1,6-13,20H2,2-3H3/t15-,16+,17+,18+,19-/m1/s1. The molecule has 112 valence electrons. The van der Waals surface area contributed by atoms with Gasteiger partial charge in [-0.05, 0) is 80.1 Å². The van der Waals surface area contributed by atoms with Gasteiger partial charge >= 0.3 is 0 Å². The Hall–Kier alpha value is -0.560. The number of rotatable bonds is 2. The highest BCUT2D eigenvalue weighted by atomic mass is 14.7. The lowest BCUT2D eigenvalue weighted by atomic mass is 9.52. The van der Waals surface area contributed by atoms with Crippen molar-refractivity contribution in [3.63, 3.8) is 0 Å². The van der Waals surface area contributed by atoms with Crippen LogP contribution in [0.2, 0.25) is 0 Å². The van der Waals surface area contributed by atoms with E-state index < -0.39 is 0 Å². The molecule has 0 heterocycles. The third kappa shape index (κ3) is 2.01. The highest BCUT2D eigenvalue weighted by Gasteiger charge is 2.53. The van der Waals surface area contributed by atoms with Crippen LogP contribution in [0.25, 0.3) is 0 Å². The van der Waals surface area contributed by atoms with Gasteiger partial charge in [0.2, 0.25) is 0 Å². The van der Waals surface area contributed by atoms with E-state index in [9.17, 15) is 0 Å². The van der Waals surface area contributed by atoms with Gasteiger partial charge in [-0.25, -0.2) is 0 Å². The maximum atomic E-state index is 6.27. The molecule has 0 spiro atoms. The summed E-state index contributed by atoms with van der Waals surface area (Å²) < 4.78 is 0. The summed E-state index contributed by atoms with van der Waals surface area (Å²) in [7, 11) is 0. The smallest absolute Gasteiger partial charge is 0.00430 e. The molecule has 0 radical (unpaired) electrons. The van der Waals surface area contributed by atoms with Gasteiger partial charge in [0.25, 0.3) is 0 Å². The SMILES string of the molecule is C=C1CC[C@H]2[C@H](CN)[C@@H]([C@@]3(C)CC=CCC3)CC[C@]12C. The Balaban J connectivity index is 1.87. The second-order valence-electron chi connectivity index (χ2n) is 8.08. The molecule has 1 heteroatoms. The van der Waals surface area contributed by atoms with Crippen LogP contribution < -0.4 is 5.73 Å². The van der Waals surface area contributed by atoms with Crippen molar-refractivity contribution in [2.75, 3.05) is 6.54 Å². The van der Waals surface area contributed by atoms with E-state index in [1.807, 2.05) is 0 Å². The molecule has 3 aliphatic rings. The second kappa shape index (κ2) is 5.02. The largest absolute Gasteiger partial charge is 0.330 e. The molecule has 0 aromatic rings. The van der Waals surface area contributed by atoms with Crippen LogP contribution in [0, 0.1) is 28.6 Å². The summed E-state index contributed by atoms with van der Waals surface area (Å²) in [5, 5.41) is 0. The summed E-state index contributed by atoms with van der Waals surface area (Å²) >= 11 is 0. The van der Waals surface area contributed by atoms with E-state index in [0.717, 1.165) is 18.4 Å². The number of hydrogen-bond acceptors (Lipinski definition) is 1. The summed E-state index contributed by atoms with van der Waals surface area (Å²) in [4.78, 5) is 0. The minimum atomic E-state index is 0.390. The molecule has 0 unspecified atom stereocenters. The first-order valence-electron chi connectivity index (χ1n) is 8.54. The van der Waals surface area contributed by atoms with Crippen LogP contribution >= 0.6 is 0 Å². The molecule has 5 atom stereocenters. The van der Waals surface area contributed by atoms with Crippen molar-refractivity contribution >= 4 is 0 Å². The lowest BCUT2D eigenvalue weighted by molar-refractivity contribution is -0.0109. The normalized spacial score (nSPS) is 48.4. The fourth-order valence-corrected chi connectivity index (χ4v) is 5.71. The van der Waals surface area contributed by atoms with Gasteiger partial charge in [0.05, 0.1) is 0 Å². The summed E-state index contributed by atoms with van der Waals surface area (Å²) in [6.45, 7) is 10.2. The summed E-state index contributed by atoms with van der Waals surface area (Å²) in [5.41, 5.74) is 8.66. The summed E-state index contributed by atoms with van der Waals surface area (Å²) in [6.07, 6.45) is 13.9. The molecule has 0 bridgehead atoms. The van der Waals surface area contributed by atoms with E-state index in [1.165, 1.54) is 50.5 Å². The molecule has 0 aliphatic heterocycles. The highest BCUT2D eigenvalue weighted by Crippen LogP contribution is 2.61. The molecule has 2 N–H and O–H groups in total. The Morgan fingerprint density at radius 2 is 2.00 bits per heavy atom. The highest BCUT2D eigenvalue weighted by molar-refractivity contribution is 5.21. The predicted octanol–water partition coefficient (Wildman–Crippen LogP) is 4.69. The van der Waals surface area contributed by atoms with E-state index in [-0.39, 0.29) is 0 Å². The Kier molecular flexibility index (Phi) is 3.61. The van der Waals surface area contributed by atoms with E-state index in [4.69, 9.17) is 5.73 Å². The van der Waals surface area contributed by atoms with Crippen LogP contribution in [0.5, 0.6) is 0 Å². The lowest BCUT2D eigenvalue weighted by Gasteiger charge is -2.53. The first kappa shape index (κ1) is 14.4. The van der Waals surface area contributed by atoms with Crippen LogP contribution in [-0.4, -0.2) is 6.54 Å². The quantitative estimate of drug-likeness (QED) is 0.726. The molecule has 0 aromatic heterocycles. The number of nitrogens with two attached hydrogens (primary N) is 1. The average Bonchev–Trinajstić information content (AvgIpc) is 2.74. The third-order valence-corrected chi connectivity index (χ3v) is 7.19. The Bertz CT molecular complexity index is 423. The van der Waals surface area contributed by atoms with Gasteiger partial charge in [0, 0.05) is 0 Å². The topological polar surface area (TPSA) is 26.0 Å². The van der Waals surface area contributed by atoms with Crippen LogP contribution in [0.3, 0.4) is 0 Å². The third-order valence-electron chi connectivity index (χ3n) is 7.19. The molecule has 2 saturated carbocycles. The van der Waals surface area contributed by atoms with E-state index >= 15 is 0 Å². The fourth-order valence-electron chi connectivity index (χ4n) is 5.71. The van der Waals surface area contributed by atoms with Crippen LogP contribution in [0.15, 0.2) is 24.3 Å².